The third kappa shape index (κ3) is 2.15. The van der Waals surface area contributed by atoms with E-state index in [0.29, 0.717) is 6.54 Å². The normalized spacial score (nSPS) is 19.1. The molecule has 0 bridgehead atoms. The summed E-state index contributed by atoms with van der Waals surface area (Å²) in [5, 5.41) is 7.55. The zero-order valence-corrected chi connectivity index (χ0v) is 14.1. The number of amides is 2. The summed E-state index contributed by atoms with van der Waals surface area (Å²) in [5.74, 6) is 0.737. The van der Waals surface area contributed by atoms with Crippen LogP contribution in [0.4, 0.5) is 10.7 Å². The van der Waals surface area contributed by atoms with Crippen molar-refractivity contribution in [2.24, 2.45) is 7.05 Å². The first-order valence-corrected chi connectivity index (χ1v) is 8.76. The quantitative estimate of drug-likeness (QED) is 0.742. The van der Waals surface area contributed by atoms with Gasteiger partial charge in [0.1, 0.15) is 0 Å². The van der Waals surface area contributed by atoms with E-state index in [4.69, 9.17) is 0 Å². The summed E-state index contributed by atoms with van der Waals surface area (Å²) in [6, 6.07) is 7.97. The highest BCUT2D eigenvalue weighted by Gasteiger charge is 2.31. The SMILES string of the molecule is Cn1ncc2c1CCCC2NC(=O)N1CCn2c1nc1ccccc12. The summed E-state index contributed by atoms with van der Waals surface area (Å²) >= 11 is 0. The number of carbonyl (C=O) groups is 1. The third-order valence-corrected chi connectivity index (χ3v) is 5.34. The van der Waals surface area contributed by atoms with Crippen LogP contribution in [0, 0.1) is 0 Å². The molecule has 2 aliphatic rings. The molecule has 2 amide bonds. The van der Waals surface area contributed by atoms with Crippen LogP contribution in [0.1, 0.15) is 30.1 Å². The number of benzene rings is 1. The van der Waals surface area contributed by atoms with Crippen molar-refractivity contribution >= 4 is 23.0 Å². The van der Waals surface area contributed by atoms with Crippen molar-refractivity contribution in [3.05, 3.63) is 41.7 Å². The molecule has 1 atom stereocenters. The van der Waals surface area contributed by atoms with Gasteiger partial charge in [0, 0.05) is 31.4 Å². The minimum absolute atomic E-state index is 0.0309. The highest BCUT2D eigenvalue weighted by atomic mass is 16.2. The Morgan fingerprint density at radius 1 is 1.28 bits per heavy atom. The summed E-state index contributed by atoms with van der Waals surface area (Å²) in [5.41, 5.74) is 4.39. The number of hydrogen-bond donors (Lipinski definition) is 1. The maximum atomic E-state index is 12.9. The highest BCUT2D eigenvalue weighted by molar-refractivity contribution is 5.94. The first-order chi connectivity index (χ1) is 12.2. The number of carbonyl (C=O) groups excluding carboxylic acids is 1. The van der Waals surface area contributed by atoms with E-state index in [9.17, 15) is 4.79 Å². The fraction of sp³-hybridized carbons (Fsp3) is 0.389. The third-order valence-electron chi connectivity index (χ3n) is 5.34. The molecule has 2 aromatic heterocycles. The molecule has 1 unspecified atom stereocenters. The first kappa shape index (κ1) is 14.5. The number of nitrogens with one attached hydrogen (secondary N) is 1. The van der Waals surface area contributed by atoms with Crippen molar-refractivity contribution in [2.75, 3.05) is 11.4 Å². The maximum Gasteiger partial charge on any atom is 0.324 e. The van der Waals surface area contributed by atoms with Crippen molar-refractivity contribution in [1.82, 2.24) is 24.6 Å². The van der Waals surface area contributed by atoms with E-state index >= 15 is 0 Å². The van der Waals surface area contributed by atoms with Gasteiger partial charge in [-0.1, -0.05) is 12.1 Å². The van der Waals surface area contributed by atoms with Crippen LogP contribution in [0.2, 0.25) is 0 Å². The number of fused-ring (bicyclic) bond motifs is 4. The van der Waals surface area contributed by atoms with Gasteiger partial charge in [-0.05, 0) is 31.4 Å². The number of imidazole rings is 1. The number of anilines is 1. The van der Waals surface area contributed by atoms with Gasteiger partial charge < -0.3 is 9.88 Å². The van der Waals surface area contributed by atoms with E-state index in [-0.39, 0.29) is 12.1 Å². The molecule has 7 heteroatoms. The topological polar surface area (TPSA) is 68.0 Å². The summed E-state index contributed by atoms with van der Waals surface area (Å²) in [7, 11) is 1.96. The molecular weight excluding hydrogens is 316 g/mol. The zero-order chi connectivity index (χ0) is 17.0. The lowest BCUT2D eigenvalue weighted by atomic mass is 9.93. The smallest absolute Gasteiger partial charge is 0.324 e. The molecule has 0 saturated carbocycles. The molecule has 1 N–H and O–H groups in total. The maximum absolute atomic E-state index is 12.9. The number of aryl methyl sites for hydroxylation is 1. The highest BCUT2D eigenvalue weighted by Crippen LogP contribution is 2.31. The van der Waals surface area contributed by atoms with Crippen molar-refractivity contribution in [3.63, 3.8) is 0 Å². The van der Waals surface area contributed by atoms with Crippen LogP contribution in [0.25, 0.3) is 11.0 Å². The van der Waals surface area contributed by atoms with Gasteiger partial charge in [0.2, 0.25) is 5.95 Å². The van der Waals surface area contributed by atoms with Crippen molar-refractivity contribution in [2.45, 2.75) is 31.8 Å². The fourth-order valence-corrected chi connectivity index (χ4v) is 4.06. The summed E-state index contributed by atoms with van der Waals surface area (Å²) in [6.07, 6.45) is 4.93. The Kier molecular flexibility index (Phi) is 3.10. The molecule has 0 spiro atoms. The second kappa shape index (κ2) is 5.34. The first-order valence-electron chi connectivity index (χ1n) is 8.76. The van der Waals surface area contributed by atoms with E-state index in [1.54, 1.807) is 4.90 Å². The number of para-hydroxylation sites is 2. The van der Waals surface area contributed by atoms with Gasteiger partial charge in [-0.15, -0.1) is 0 Å². The van der Waals surface area contributed by atoms with E-state index in [0.717, 1.165) is 48.4 Å². The van der Waals surface area contributed by atoms with Crippen LogP contribution in [-0.2, 0) is 20.0 Å². The molecule has 1 aliphatic carbocycles. The van der Waals surface area contributed by atoms with Gasteiger partial charge in [-0.2, -0.15) is 5.10 Å². The molecular formula is C18H20N6O. The predicted octanol–water partition coefficient (Wildman–Crippen LogP) is 2.38. The monoisotopic (exact) mass is 336 g/mol. The number of rotatable bonds is 1. The Morgan fingerprint density at radius 3 is 3.08 bits per heavy atom. The van der Waals surface area contributed by atoms with E-state index in [1.165, 1.54) is 5.69 Å². The molecule has 7 nitrogen and oxygen atoms in total. The second-order valence-corrected chi connectivity index (χ2v) is 6.77. The standard InChI is InChI=1S/C18H20N6O/c1-22-15-8-4-6-13(12(15)11-19-22)21-18(25)24-10-9-23-16-7-3-2-5-14(16)20-17(23)24/h2-3,5,7,11,13H,4,6,8-10H2,1H3,(H,21,25). The van der Waals surface area contributed by atoms with Gasteiger partial charge in [-0.3, -0.25) is 9.58 Å². The Bertz CT molecular complexity index is 971. The molecule has 128 valence electrons. The molecule has 0 saturated heterocycles. The van der Waals surface area contributed by atoms with Crippen LogP contribution in [0.5, 0.6) is 0 Å². The Balaban J connectivity index is 1.42. The fourth-order valence-electron chi connectivity index (χ4n) is 4.06. The molecule has 3 aromatic rings. The van der Waals surface area contributed by atoms with Crippen LogP contribution < -0.4 is 10.2 Å². The van der Waals surface area contributed by atoms with Crippen LogP contribution >= 0.6 is 0 Å². The summed E-state index contributed by atoms with van der Waals surface area (Å²) in [6.45, 7) is 1.44. The average Bonchev–Trinajstić information content (AvgIpc) is 3.29. The molecule has 0 fully saturated rings. The molecule has 0 radical (unpaired) electrons. The van der Waals surface area contributed by atoms with E-state index < -0.39 is 0 Å². The Morgan fingerprint density at radius 2 is 2.16 bits per heavy atom. The van der Waals surface area contributed by atoms with Crippen molar-refractivity contribution in [1.29, 1.82) is 0 Å². The summed E-state index contributed by atoms with van der Waals surface area (Å²) < 4.78 is 4.04. The van der Waals surface area contributed by atoms with Crippen LogP contribution in [0.15, 0.2) is 30.5 Å². The minimum Gasteiger partial charge on any atom is -0.331 e. The minimum atomic E-state index is -0.0734. The molecule has 5 rings (SSSR count). The van der Waals surface area contributed by atoms with Crippen molar-refractivity contribution in [3.8, 4) is 0 Å². The number of nitrogens with zero attached hydrogens (tertiary/aromatic N) is 5. The molecule has 1 aromatic carbocycles. The van der Waals surface area contributed by atoms with Gasteiger partial charge >= 0.3 is 6.03 Å². The Labute approximate surface area is 145 Å². The van der Waals surface area contributed by atoms with Gasteiger partial charge in [0.05, 0.1) is 23.3 Å². The predicted molar refractivity (Wildman–Crippen MR) is 94.5 cm³/mol. The number of urea groups is 1. The van der Waals surface area contributed by atoms with Gasteiger partial charge in [0.15, 0.2) is 0 Å². The molecule has 1 aliphatic heterocycles. The van der Waals surface area contributed by atoms with Crippen LogP contribution in [-0.4, -0.2) is 31.9 Å². The van der Waals surface area contributed by atoms with E-state index in [2.05, 4.69) is 26.0 Å². The lowest BCUT2D eigenvalue weighted by molar-refractivity contribution is 0.241. The van der Waals surface area contributed by atoms with Crippen LogP contribution in [0.3, 0.4) is 0 Å². The zero-order valence-electron chi connectivity index (χ0n) is 14.1. The Hall–Kier alpha value is -2.83. The molecule has 3 heterocycles. The largest absolute Gasteiger partial charge is 0.331 e. The van der Waals surface area contributed by atoms with E-state index in [1.807, 2.05) is 36.1 Å². The van der Waals surface area contributed by atoms with Gasteiger partial charge in [0.25, 0.3) is 0 Å². The van der Waals surface area contributed by atoms with Gasteiger partial charge in [-0.25, -0.2) is 9.78 Å². The average molecular weight is 336 g/mol. The number of hydrogen-bond acceptors (Lipinski definition) is 3. The number of aromatic nitrogens is 4. The summed E-state index contributed by atoms with van der Waals surface area (Å²) in [4.78, 5) is 19.3. The lowest BCUT2D eigenvalue weighted by Gasteiger charge is -2.26. The second-order valence-electron chi connectivity index (χ2n) is 6.77. The molecule has 25 heavy (non-hydrogen) atoms. The lowest BCUT2D eigenvalue weighted by Crippen LogP contribution is -2.42. The van der Waals surface area contributed by atoms with Crippen molar-refractivity contribution < 1.29 is 4.79 Å².